The molecular weight excluding hydrogens is 516 g/mol. The Hall–Kier alpha value is -1.19. The van der Waals surface area contributed by atoms with E-state index in [1.54, 1.807) is 0 Å². The van der Waals surface area contributed by atoms with Crippen LogP contribution in [0.3, 0.4) is 0 Å². The van der Waals surface area contributed by atoms with Gasteiger partial charge in [0.05, 0.1) is 0 Å². The Morgan fingerprint density at radius 3 is 1.09 bits per heavy atom. The monoisotopic (exact) mass is 540 g/mol. The van der Waals surface area contributed by atoms with Gasteiger partial charge < -0.3 is 24.8 Å². The predicted molar refractivity (Wildman–Crippen MR) is 132 cm³/mol. The average molecular weight is 542 g/mol. The molecule has 0 saturated carbocycles. The third-order valence-corrected chi connectivity index (χ3v) is 10.9. The van der Waals surface area contributed by atoms with E-state index in [1.165, 1.54) is 27.4 Å². The standard InChI is InChI=1S/C27H26P2.2ClH.Ni/c1-23(29(26-18-10-4-11-19-26)27-20-12-5-13-21-27)22-28(24-14-6-2-7-15-24)25-16-8-3-9-17-25;;;/h2-21,23H,22H2,1H3;2*1H;/q;;;+2/p-2. The maximum Gasteiger partial charge on any atom is 2.00 e. The Balaban J connectivity index is 0.00000171. The molecule has 0 aliphatic carbocycles. The molecule has 0 N–H and O–H groups in total. The molecular formula is C27H26Cl2NiP2. The molecule has 4 aromatic carbocycles. The maximum atomic E-state index is 2.45. The van der Waals surface area contributed by atoms with Gasteiger partial charge in [-0.1, -0.05) is 128 Å². The van der Waals surface area contributed by atoms with Crippen LogP contribution < -0.4 is 46.0 Å². The van der Waals surface area contributed by atoms with Gasteiger partial charge in [-0.2, -0.15) is 0 Å². The van der Waals surface area contributed by atoms with Crippen LogP contribution in [0.15, 0.2) is 121 Å². The van der Waals surface area contributed by atoms with E-state index in [0.29, 0.717) is 5.66 Å². The summed E-state index contributed by atoms with van der Waals surface area (Å²) in [6.07, 6.45) is 1.19. The van der Waals surface area contributed by atoms with E-state index in [1.807, 2.05) is 0 Å². The summed E-state index contributed by atoms with van der Waals surface area (Å²) in [6, 6.07) is 44.3. The summed E-state index contributed by atoms with van der Waals surface area (Å²) in [4.78, 5) is 0. The minimum atomic E-state index is -0.409. The fraction of sp³-hybridized carbons (Fsp3) is 0.111. The minimum Gasteiger partial charge on any atom is -1.00 e. The van der Waals surface area contributed by atoms with Crippen molar-refractivity contribution in [3.05, 3.63) is 121 Å². The molecule has 0 saturated heterocycles. The fourth-order valence-corrected chi connectivity index (χ4v) is 9.51. The second-order valence-electron chi connectivity index (χ2n) is 7.17. The molecule has 0 bridgehead atoms. The van der Waals surface area contributed by atoms with Gasteiger partial charge in [0.25, 0.3) is 0 Å². The van der Waals surface area contributed by atoms with Gasteiger partial charge in [0, 0.05) is 0 Å². The zero-order valence-electron chi connectivity index (χ0n) is 17.8. The van der Waals surface area contributed by atoms with Crippen LogP contribution in [0.25, 0.3) is 0 Å². The summed E-state index contributed by atoms with van der Waals surface area (Å²) in [6.45, 7) is 2.45. The molecule has 0 aliphatic heterocycles. The Labute approximate surface area is 217 Å². The van der Waals surface area contributed by atoms with E-state index in [9.17, 15) is 0 Å². The number of rotatable bonds is 7. The van der Waals surface area contributed by atoms with Crippen LogP contribution in [0.1, 0.15) is 6.92 Å². The van der Waals surface area contributed by atoms with Crippen LogP contribution in [0.4, 0.5) is 0 Å². The summed E-state index contributed by atoms with van der Waals surface area (Å²) in [5, 5.41) is 5.88. The molecule has 4 rings (SSSR count). The van der Waals surface area contributed by atoms with Crippen LogP contribution in [0.2, 0.25) is 0 Å². The van der Waals surface area contributed by atoms with Gasteiger partial charge in [-0.25, -0.2) is 0 Å². The first-order valence-electron chi connectivity index (χ1n) is 10.1. The topological polar surface area (TPSA) is 0 Å². The van der Waals surface area contributed by atoms with E-state index >= 15 is 0 Å². The summed E-state index contributed by atoms with van der Waals surface area (Å²) in [7, 11) is -0.796. The molecule has 5 heteroatoms. The number of hydrogen-bond acceptors (Lipinski definition) is 0. The van der Waals surface area contributed by atoms with E-state index < -0.39 is 7.92 Å². The van der Waals surface area contributed by atoms with Gasteiger partial charge in [-0.15, -0.1) is 0 Å². The van der Waals surface area contributed by atoms with Gasteiger partial charge in [0.1, 0.15) is 0 Å². The predicted octanol–water partition coefficient (Wildman–Crippen LogP) is -0.354. The molecule has 0 heterocycles. The van der Waals surface area contributed by atoms with E-state index in [2.05, 4.69) is 128 Å². The van der Waals surface area contributed by atoms with Gasteiger partial charge in [0.2, 0.25) is 0 Å². The SMILES string of the molecule is CC(CP(c1ccccc1)c1ccccc1)P(c1ccccc1)c1ccccc1.[Cl-].[Cl-].[Ni+2]. The normalized spacial score (nSPS) is 11.1. The fourth-order valence-electron chi connectivity index (χ4n) is 3.76. The van der Waals surface area contributed by atoms with Gasteiger partial charge >= 0.3 is 16.5 Å². The molecule has 0 amide bonds. The molecule has 0 aromatic heterocycles. The van der Waals surface area contributed by atoms with Crippen molar-refractivity contribution in [1.29, 1.82) is 0 Å². The molecule has 0 fully saturated rings. The number of hydrogen-bond donors (Lipinski definition) is 0. The maximum absolute atomic E-state index is 2.45. The average Bonchev–Trinajstić information content (AvgIpc) is 2.80. The molecule has 32 heavy (non-hydrogen) atoms. The van der Waals surface area contributed by atoms with E-state index in [4.69, 9.17) is 0 Å². The largest absolute Gasteiger partial charge is 2.00 e. The summed E-state index contributed by atoms with van der Waals surface area (Å²) >= 11 is 0. The first kappa shape index (κ1) is 28.8. The zero-order valence-corrected chi connectivity index (χ0v) is 22.1. The Morgan fingerprint density at radius 2 is 0.781 bits per heavy atom. The second kappa shape index (κ2) is 14.9. The number of benzene rings is 4. The zero-order chi connectivity index (χ0) is 19.9. The van der Waals surface area contributed by atoms with E-state index in [0.717, 1.165) is 0 Å². The van der Waals surface area contributed by atoms with Crippen LogP contribution in [0, 0.1) is 0 Å². The molecule has 0 aliphatic rings. The Kier molecular flexibility index (Phi) is 13.4. The van der Waals surface area contributed by atoms with Crippen molar-refractivity contribution < 1.29 is 41.3 Å². The summed E-state index contributed by atoms with van der Waals surface area (Å²) in [5.74, 6) is 0. The van der Waals surface area contributed by atoms with Crippen molar-refractivity contribution in [1.82, 2.24) is 0 Å². The molecule has 1 unspecified atom stereocenters. The summed E-state index contributed by atoms with van der Waals surface area (Å²) in [5.41, 5.74) is 0.585. The third-order valence-electron chi connectivity index (χ3n) is 5.09. The second-order valence-corrected chi connectivity index (χ2v) is 12.1. The van der Waals surface area contributed by atoms with Gasteiger partial charge in [-0.3, -0.25) is 0 Å². The third kappa shape index (κ3) is 7.42. The van der Waals surface area contributed by atoms with Crippen LogP contribution in [0.5, 0.6) is 0 Å². The smallest absolute Gasteiger partial charge is 1.00 e. The molecule has 168 valence electrons. The quantitative estimate of drug-likeness (QED) is 0.222. The van der Waals surface area contributed by atoms with Crippen molar-refractivity contribution in [3.63, 3.8) is 0 Å². The van der Waals surface area contributed by atoms with Crippen LogP contribution in [-0.4, -0.2) is 11.8 Å². The van der Waals surface area contributed by atoms with E-state index in [-0.39, 0.29) is 49.2 Å². The Bertz CT molecular complexity index is 924. The Morgan fingerprint density at radius 1 is 0.500 bits per heavy atom. The van der Waals surface area contributed by atoms with Crippen molar-refractivity contribution in [2.24, 2.45) is 0 Å². The molecule has 1 atom stereocenters. The van der Waals surface area contributed by atoms with Crippen LogP contribution in [-0.2, 0) is 16.5 Å². The summed E-state index contributed by atoms with van der Waals surface area (Å²) < 4.78 is 0. The number of halogens is 2. The first-order valence-corrected chi connectivity index (χ1v) is 13.0. The van der Waals surface area contributed by atoms with Crippen molar-refractivity contribution in [3.8, 4) is 0 Å². The van der Waals surface area contributed by atoms with Crippen molar-refractivity contribution in [2.75, 3.05) is 6.16 Å². The first-order chi connectivity index (χ1) is 14.3. The molecule has 0 nitrogen and oxygen atoms in total. The molecule has 0 spiro atoms. The van der Waals surface area contributed by atoms with Crippen molar-refractivity contribution >= 4 is 37.1 Å². The van der Waals surface area contributed by atoms with Crippen LogP contribution >= 0.6 is 15.8 Å². The van der Waals surface area contributed by atoms with Crippen molar-refractivity contribution in [2.45, 2.75) is 12.6 Å². The van der Waals surface area contributed by atoms with Gasteiger partial charge in [0.15, 0.2) is 0 Å². The molecule has 0 radical (unpaired) electrons. The van der Waals surface area contributed by atoms with Gasteiger partial charge in [-0.05, 0) is 48.9 Å². The minimum absolute atomic E-state index is 0. The molecule has 4 aromatic rings.